The summed E-state index contributed by atoms with van der Waals surface area (Å²) < 4.78 is 5.17. The van der Waals surface area contributed by atoms with Gasteiger partial charge in [0, 0.05) is 35.8 Å². The van der Waals surface area contributed by atoms with Gasteiger partial charge in [-0.25, -0.2) is 4.79 Å². The average Bonchev–Trinajstić information content (AvgIpc) is 3.41. The number of Topliss-reactive ketones (excluding diaryl/α,β-unsaturated/α-hetero) is 1. The van der Waals surface area contributed by atoms with Crippen molar-refractivity contribution in [2.45, 2.75) is 26.2 Å². The minimum Gasteiger partial charge on any atom is -0.453 e. The topological polar surface area (TPSA) is 88.2 Å². The van der Waals surface area contributed by atoms with Gasteiger partial charge in [-0.15, -0.1) is 10.2 Å². The molecule has 7 heteroatoms. The first-order valence-corrected chi connectivity index (χ1v) is 9.55. The second-order valence-corrected chi connectivity index (χ2v) is 6.87. The molecule has 3 aromatic rings. The molecule has 7 nitrogen and oxygen atoms in total. The zero-order chi connectivity index (χ0) is 19.5. The fourth-order valence-electron chi connectivity index (χ4n) is 3.57. The number of carbonyl (C=O) groups excluding carboxylic acids is 2. The summed E-state index contributed by atoms with van der Waals surface area (Å²) >= 11 is 0. The largest absolute Gasteiger partial charge is 0.453 e. The van der Waals surface area contributed by atoms with E-state index < -0.39 is 5.97 Å². The molecule has 0 unspecified atom stereocenters. The van der Waals surface area contributed by atoms with Crippen molar-refractivity contribution in [3.05, 3.63) is 53.3 Å². The lowest BCUT2D eigenvalue weighted by atomic mass is 10.1. The second-order valence-electron chi connectivity index (χ2n) is 6.87. The van der Waals surface area contributed by atoms with E-state index in [2.05, 4.69) is 27.0 Å². The quantitative estimate of drug-likeness (QED) is 0.524. The predicted octanol–water partition coefficient (Wildman–Crippen LogP) is 3.16. The zero-order valence-corrected chi connectivity index (χ0v) is 15.8. The van der Waals surface area contributed by atoms with Crippen molar-refractivity contribution in [2.24, 2.45) is 0 Å². The number of para-hydroxylation sites is 1. The van der Waals surface area contributed by atoms with Crippen LogP contribution in [0.25, 0.3) is 10.9 Å². The Bertz CT molecular complexity index is 1000. The van der Waals surface area contributed by atoms with Crippen LogP contribution in [0.5, 0.6) is 0 Å². The van der Waals surface area contributed by atoms with Gasteiger partial charge < -0.3 is 14.6 Å². The molecule has 0 saturated carbocycles. The Morgan fingerprint density at radius 2 is 1.96 bits per heavy atom. The lowest BCUT2D eigenvalue weighted by Crippen LogP contribution is -2.20. The molecule has 2 aromatic heterocycles. The highest BCUT2D eigenvalue weighted by Gasteiger charge is 2.18. The highest BCUT2D eigenvalue weighted by atomic mass is 16.5. The molecule has 4 rings (SSSR count). The molecule has 0 aliphatic carbocycles. The normalized spacial score (nSPS) is 13.8. The van der Waals surface area contributed by atoms with Crippen molar-refractivity contribution in [1.82, 2.24) is 15.2 Å². The Labute approximate surface area is 162 Å². The number of ether oxygens (including phenoxy) is 1. The van der Waals surface area contributed by atoms with Crippen LogP contribution in [0.15, 0.2) is 36.5 Å². The van der Waals surface area contributed by atoms with Gasteiger partial charge in [-0.1, -0.05) is 25.1 Å². The van der Waals surface area contributed by atoms with E-state index in [0.717, 1.165) is 54.6 Å². The van der Waals surface area contributed by atoms with Crippen molar-refractivity contribution in [1.29, 1.82) is 0 Å². The van der Waals surface area contributed by atoms with E-state index in [4.69, 9.17) is 4.74 Å². The number of nitrogens with zero attached hydrogens (tertiary/aromatic N) is 3. The molecule has 0 atom stereocenters. The van der Waals surface area contributed by atoms with Crippen molar-refractivity contribution < 1.29 is 14.3 Å². The third-order valence-corrected chi connectivity index (χ3v) is 5.11. The Morgan fingerprint density at radius 3 is 2.68 bits per heavy atom. The van der Waals surface area contributed by atoms with Crippen LogP contribution in [0.2, 0.25) is 0 Å². The van der Waals surface area contributed by atoms with Crippen LogP contribution >= 0.6 is 0 Å². The lowest BCUT2D eigenvalue weighted by Gasteiger charge is -2.14. The number of benzene rings is 1. The van der Waals surface area contributed by atoms with Gasteiger partial charge in [0.15, 0.2) is 18.1 Å². The molecule has 1 N–H and O–H groups in total. The van der Waals surface area contributed by atoms with Crippen molar-refractivity contribution in [2.75, 3.05) is 24.6 Å². The van der Waals surface area contributed by atoms with Gasteiger partial charge in [-0.2, -0.15) is 0 Å². The van der Waals surface area contributed by atoms with E-state index in [1.165, 1.54) is 0 Å². The molecule has 0 amide bonds. The standard InChI is InChI=1S/C21H22N4O3/c1-2-14-6-5-7-15-16(12-22-20(14)15)18(26)13-28-21(27)17-8-9-19(24-23-17)25-10-3-4-11-25/h5-9,12,22H,2-4,10-11,13H2,1H3. The SMILES string of the molecule is CCc1cccc2c(C(=O)COC(=O)c3ccc(N4CCCC4)nn3)c[nH]c12. The summed E-state index contributed by atoms with van der Waals surface area (Å²) in [5.74, 6) is -0.145. The van der Waals surface area contributed by atoms with Crippen molar-refractivity contribution in [3.63, 3.8) is 0 Å². The maximum absolute atomic E-state index is 12.5. The summed E-state index contributed by atoms with van der Waals surface area (Å²) in [5, 5.41) is 8.90. The summed E-state index contributed by atoms with van der Waals surface area (Å²) in [7, 11) is 0. The lowest BCUT2D eigenvalue weighted by molar-refractivity contribution is 0.0468. The minimum absolute atomic E-state index is 0.0999. The highest BCUT2D eigenvalue weighted by molar-refractivity contribution is 6.09. The summed E-state index contributed by atoms with van der Waals surface area (Å²) in [6, 6.07) is 9.20. The van der Waals surface area contributed by atoms with Gasteiger partial charge in [0.05, 0.1) is 0 Å². The van der Waals surface area contributed by atoms with Gasteiger partial charge >= 0.3 is 5.97 Å². The zero-order valence-electron chi connectivity index (χ0n) is 15.8. The fourth-order valence-corrected chi connectivity index (χ4v) is 3.57. The predicted molar refractivity (Wildman–Crippen MR) is 106 cm³/mol. The Kier molecular flexibility index (Phi) is 5.06. The van der Waals surface area contributed by atoms with Gasteiger partial charge in [0.1, 0.15) is 0 Å². The second kappa shape index (κ2) is 7.80. The molecule has 1 fully saturated rings. The van der Waals surface area contributed by atoms with Crippen LogP contribution in [-0.2, 0) is 11.2 Å². The van der Waals surface area contributed by atoms with Crippen molar-refractivity contribution >= 4 is 28.5 Å². The summed E-state index contributed by atoms with van der Waals surface area (Å²) in [6.07, 6.45) is 4.82. The number of aromatic nitrogens is 3. The highest BCUT2D eigenvalue weighted by Crippen LogP contribution is 2.23. The summed E-state index contributed by atoms with van der Waals surface area (Å²) in [6.45, 7) is 3.64. The number of ketones is 1. The molecule has 0 bridgehead atoms. The number of aryl methyl sites for hydroxylation is 1. The van der Waals surface area contributed by atoms with Gasteiger partial charge in [-0.3, -0.25) is 4.79 Å². The fraction of sp³-hybridized carbons (Fsp3) is 0.333. The molecule has 3 heterocycles. The molecule has 0 spiro atoms. The van der Waals surface area contributed by atoms with Gasteiger partial charge in [0.25, 0.3) is 0 Å². The number of rotatable bonds is 6. The Morgan fingerprint density at radius 1 is 1.14 bits per heavy atom. The molecule has 1 aliphatic heterocycles. The number of esters is 1. The third-order valence-electron chi connectivity index (χ3n) is 5.11. The van der Waals surface area contributed by atoms with Crippen LogP contribution < -0.4 is 4.90 Å². The number of anilines is 1. The van der Waals surface area contributed by atoms with Crippen LogP contribution in [0.3, 0.4) is 0 Å². The number of hydrogen-bond acceptors (Lipinski definition) is 6. The minimum atomic E-state index is -0.650. The number of aromatic amines is 1. The molecule has 1 aromatic carbocycles. The van der Waals surface area contributed by atoms with Crippen LogP contribution in [-0.4, -0.2) is 46.6 Å². The number of fused-ring (bicyclic) bond motifs is 1. The summed E-state index contributed by atoms with van der Waals surface area (Å²) in [5.41, 5.74) is 2.71. The molecule has 1 aliphatic rings. The third kappa shape index (κ3) is 3.47. The molecular weight excluding hydrogens is 356 g/mol. The number of carbonyl (C=O) groups is 2. The maximum atomic E-state index is 12.5. The first kappa shape index (κ1) is 18.2. The first-order valence-electron chi connectivity index (χ1n) is 9.55. The molecule has 28 heavy (non-hydrogen) atoms. The molecule has 0 radical (unpaired) electrons. The molecular formula is C21H22N4O3. The first-order chi connectivity index (χ1) is 13.7. The van der Waals surface area contributed by atoms with Crippen molar-refractivity contribution in [3.8, 4) is 0 Å². The average molecular weight is 378 g/mol. The molecule has 144 valence electrons. The molecule has 1 saturated heterocycles. The van der Waals surface area contributed by atoms with E-state index in [0.29, 0.717) is 5.56 Å². The van der Waals surface area contributed by atoms with Crippen LogP contribution in [0.1, 0.15) is 46.2 Å². The summed E-state index contributed by atoms with van der Waals surface area (Å²) in [4.78, 5) is 30.0. The monoisotopic (exact) mass is 378 g/mol. The van der Waals surface area contributed by atoms with Gasteiger partial charge in [0.2, 0.25) is 5.78 Å². The number of hydrogen-bond donors (Lipinski definition) is 1. The van der Waals surface area contributed by atoms with E-state index in [1.807, 2.05) is 18.2 Å². The smallest absolute Gasteiger partial charge is 0.359 e. The van der Waals surface area contributed by atoms with Crippen LogP contribution in [0.4, 0.5) is 5.82 Å². The Hall–Kier alpha value is -3.22. The number of nitrogens with one attached hydrogen (secondary N) is 1. The Balaban J connectivity index is 1.41. The number of H-pyrrole nitrogens is 1. The van der Waals surface area contributed by atoms with E-state index in [-0.39, 0.29) is 18.1 Å². The van der Waals surface area contributed by atoms with E-state index in [9.17, 15) is 9.59 Å². The van der Waals surface area contributed by atoms with E-state index in [1.54, 1.807) is 18.3 Å². The van der Waals surface area contributed by atoms with E-state index >= 15 is 0 Å². The van der Waals surface area contributed by atoms with Gasteiger partial charge in [-0.05, 0) is 37.0 Å². The van der Waals surface area contributed by atoms with Crippen LogP contribution in [0, 0.1) is 0 Å². The maximum Gasteiger partial charge on any atom is 0.359 e.